The monoisotopic (exact) mass is 274 g/mol. The first-order chi connectivity index (χ1) is 9.79. The Kier molecular flexibility index (Phi) is 6.06. The Labute approximate surface area is 122 Å². The van der Waals surface area contributed by atoms with Crippen molar-refractivity contribution < 1.29 is 4.79 Å². The molecule has 3 nitrogen and oxygen atoms in total. The maximum absolute atomic E-state index is 11.5. The molecule has 0 unspecified atom stereocenters. The summed E-state index contributed by atoms with van der Waals surface area (Å²) < 4.78 is 0. The lowest BCUT2D eigenvalue weighted by Gasteiger charge is -2.21. The summed E-state index contributed by atoms with van der Waals surface area (Å²) in [4.78, 5) is 11.5. The van der Waals surface area contributed by atoms with Crippen molar-refractivity contribution in [2.24, 2.45) is 0 Å². The van der Waals surface area contributed by atoms with Crippen molar-refractivity contribution >= 4 is 5.91 Å². The minimum Gasteiger partial charge on any atom is -0.355 e. The average molecular weight is 274 g/mol. The van der Waals surface area contributed by atoms with Crippen LogP contribution in [0.2, 0.25) is 0 Å². The number of carbonyl (C=O) groups is 1. The highest BCUT2D eigenvalue weighted by molar-refractivity contribution is 5.93. The summed E-state index contributed by atoms with van der Waals surface area (Å²) in [5, 5.41) is 6.31. The van der Waals surface area contributed by atoms with Gasteiger partial charge in [0.05, 0.1) is 0 Å². The zero-order valence-corrected chi connectivity index (χ0v) is 12.5. The van der Waals surface area contributed by atoms with Crippen LogP contribution in [0.3, 0.4) is 0 Å². The first kappa shape index (κ1) is 15.0. The summed E-state index contributed by atoms with van der Waals surface area (Å²) in [5.74, 6) is -0.0236. The molecule has 0 aliphatic heterocycles. The second-order valence-corrected chi connectivity index (χ2v) is 5.70. The maximum Gasteiger partial charge on any atom is 0.251 e. The van der Waals surface area contributed by atoms with Crippen LogP contribution in [-0.2, 0) is 6.54 Å². The van der Waals surface area contributed by atoms with E-state index in [4.69, 9.17) is 0 Å². The lowest BCUT2D eigenvalue weighted by atomic mass is 9.96. The van der Waals surface area contributed by atoms with Crippen molar-refractivity contribution in [2.45, 2.75) is 57.5 Å². The van der Waals surface area contributed by atoms with E-state index in [0.717, 1.165) is 12.1 Å². The van der Waals surface area contributed by atoms with Crippen molar-refractivity contribution in [2.75, 3.05) is 7.05 Å². The lowest BCUT2D eigenvalue weighted by molar-refractivity contribution is 0.0963. The topological polar surface area (TPSA) is 41.1 Å². The minimum atomic E-state index is -0.0236. The molecule has 20 heavy (non-hydrogen) atoms. The van der Waals surface area contributed by atoms with Crippen LogP contribution in [0.1, 0.15) is 60.9 Å². The molecule has 0 bridgehead atoms. The van der Waals surface area contributed by atoms with Crippen molar-refractivity contribution in [1.82, 2.24) is 10.6 Å². The normalized spacial score (nSPS) is 17.2. The number of nitrogens with one attached hydrogen (secondary N) is 2. The van der Waals surface area contributed by atoms with Crippen LogP contribution in [0.15, 0.2) is 24.3 Å². The van der Waals surface area contributed by atoms with Crippen LogP contribution in [0, 0.1) is 0 Å². The van der Waals surface area contributed by atoms with Gasteiger partial charge in [0.15, 0.2) is 0 Å². The van der Waals surface area contributed by atoms with Crippen molar-refractivity contribution in [3.63, 3.8) is 0 Å². The molecular weight excluding hydrogens is 248 g/mol. The standard InChI is InChI=1S/C17H26N2O/c1-18-17(20)15-11-9-14(10-12-15)13-19-16-7-5-3-2-4-6-8-16/h9-12,16,19H,2-8,13H2,1H3,(H,18,20). The number of benzene rings is 1. The van der Waals surface area contributed by atoms with E-state index in [0.29, 0.717) is 6.04 Å². The number of hydrogen-bond donors (Lipinski definition) is 2. The van der Waals surface area contributed by atoms with E-state index in [1.54, 1.807) is 7.05 Å². The molecule has 1 amide bonds. The molecule has 1 aliphatic carbocycles. The van der Waals surface area contributed by atoms with Gasteiger partial charge in [-0.05, 0) is 30.5 Å². The molecule has 0 radical (unpaired) electrons. The van der Waals surface area contributed by atoms with E-state index in [1.165, 1.54) is 50.5 Å². The maximum atomic E-state index is 11.5. The van der Waals surface area contributed by atoms with Crippen molar-refractivity contribution in [1.29, 1.82) is 0 Å². The lowest BCUT2D eigenvalue weighted by Crippen LogP contribution is -2.29. The van der Waals surface area contributed by atoms with Gasteiger partial charge in [-0.15, -0.1) is 0 Å². The van der Waals surface area contributed by atoms with Crippen LogP contribution in [0.4, 0.5) is 0 Å². The first-order valence-corrected chi connectivity index (χ1v) is 7.84. The fourth-order valence-electron chi connectivity index (χ4n) is 2.84. The second-order valence-electron chi connectivity index (χ2n) is 5.70. The first-order valence-electron chi connectivity index (χ1n) is 7.84. The van der Waals surface area contributed by atoms with E-state index in [1.807, 2.05) is 24.3 Å². The summed E-state index contributed by atoms with van der Waals surface area (Å²) >= 11 is 0. The Bertz CT molecular complexity index is 406. The van der Waals surface area contributed by atoms with Gasteiger partial charge in [0, 0.05) is 25.2 Å². The van der Waals surface area contributed by atoms with E-state index in [2.05, 4.69) is 10.6 Å². The second kappa shape index (κ2) is 8.05. The molecule has 2 rings (SSSR count). The third-order valence-corrected chi connectivity index (χ3v) is 4.14. The molecule has 1 saturated carbocycles. The number of amides is 1. The fraction of sp³-hybridized carbons (Fsp3) is 0.588. The molecule has 0 spiro atoms. The van der Waals surface area contributed by atoms with Crippen molar-refractivity contribution in [3.05, 3.63) is 35.4 Å². The van der Waals surface area contributed by atoms with E-state index in [-0.39, 0.29) is 5.91 Å². The Morgan fingerprint density at radius 2 is 1.65 bits per heavy atom. The summed E-state index contributed by atoms with van der Waals surface area (Å²) in [5.41, 5.74) is 1.97. The Hall–Kier alpha value is -1.35. The van der Waals surface area contributed by atoms with Gasteiger partial charge in [0.25, 0.3) is 5.91 Å². The highest BCUT2D eigenvalue weighted by Crippen LogP contribution is 2.17. The van der Waals surface area contributed by atoms with E-state index >= 15 is 0 Å². The fourth-order valence-corrected chi connectivity index (χ4v) is 2.84. The molecule has 3 heteroatoms. The molecule has 0 atom stereocenters. The Morgan fingerprint density at radius 3 is 2.25 bits per heavy atom. The van der Waals surface area contributed by atoms with E-state index in [9.17, 15) is 4.79 Å². The SMILES string of the molecule is CNC(=O)c1ccc(CNC2CCCCCCC2)cc1. The quantitative estimate of drug-likeness (QED) is 0.885. The summed E-state index contributed by atoms with van der Waals surface area (Å²) in [6, 6.07) is 8.54. The Balaban J connectivity index is 1.82. The van der Waals surface area contributed by atoms with Gasteiger partial charge in [-0.2, -0.15) is 0 Å². The molecule has 1 aliphatic rings. The van der Waals surface area contributed by atoms with Gasteiger partial charge in [-0.3, -0.25) is 4.79 Å². The third kappa shape index (κ3) is 4.64. The summed E-state index contributed by atoms with van der Waals surface area (Å²) in [7, 11) is 1.66. The van der Waals surface area contributed by atoms with Gasteiger partial charge in [0.2, 0.25) is 0 Å². The number of rotatable bonds is 4. The predicted molar refractivity (Wildman–Crippen MR) is 82.8 cm³/mol. The van der Waals surface area contributed by atoms with E-state index < -0.39 is 0 Å². The smallest absolute Gasteiger partial charge is 0.251 e. The molecular formula is C17H26N2O. The molecule has 0 aromatic heterocycles. The zero-order valence-electron chi connectivity index (χ0n) is 12.5. The van der Waals surface area contributed by atoms with Crippen LogP contribution in [0.25, 0.3) is 0 Å². The molecule has 1 aromatic rings. The van der Waals surface area contributed by atoms with Gasteiger partial charge in [-0.25, -0.2) is 0 Å². The van der Waals surface area contributed by atoms with Crippen LogP contribution in [0.5, 0.6) is 0 Å². The summed E-state index contributed by atoms with van der Waals surface area (Å²) in [6.07, 6.45) is 9.50. The van der Waals surface area contributed by atoms with Gasteiger partial charge >= 0.3 is 0 Å². The predicted octanol–water partition coefficient (Wildman–Crippen LogP) is 3.25. The van der Waals surface area contributed by atoms with Gasteiger partial charge in [-0.1, -0.05) is 44.2 Å². The molecule has 110 valence electrons. The summed E-state index contributed by atoms with van der Waals surface area (Å²) in [6.45, 7) is 0.901. The molecule has 1 fully saturated rings. The third-order valence-electron chi connectivity index (χ3n) is 4.14. The highest BCUT2D eigenvalue weighted by Gasteiger charge is 2.10. The van der Waals surface area contributed by atoms with Crippen LogP contribution < -0.4 is 10.6 Å². The highest BCUT2D eigenvalue weighted by atomic mass is 16.1. The zero-order chi connectivity index (χ0) is 14.2. The van der Waals surface area contributed by atoms with Crippen LogP contribution >= 0.6 is 0 Å². The molecule has 2 N–H and O–H groups in total. The van der Waals surface area contributed by atoms with Gasteiger partial charge < -0.3 is 10.6 Å². The van der Waals surface area contributed by atoms with Gasteiger partial charge in [0.1, 0.15) is 0 Å². The number of carbonyl (C=O) groups excluding carboxylic acids is 1. The Morgan fingerprint density at radius 1 is 1.05 bits per heavy atom. The number of hydrogen-bond acceptors (Lipinski definition) is 2. The minimum absolute atomic E-state index is 0.0236. The molecule has 1 aromatic carbocycles. The molecule has 0 heterocycles. The van der Waals surface area contributed by atoms with Crippen molar-refractivity contribution in [3.8, 4) is 0 Å². The largest absolute Gasteiger partial charge is 0.355 e. The molecule has 0 saturated heterocycles. The average Bonchev–Trinajstić information content (AvgIpc) is 2.46. The van der Waals surface area contributed by atoms with Crippen LogP contribution in [-0.4, -0.2) is 19.0 Å².